The molecule has 0 radical (unpaired) electrons. The molecule has 2 aliphatic carbocycles. The minimum Gasteiger partial charge on any atom is -0.412 e. The molecule has 5 rings (SSSR count). The average molecular weight is 624 g/mol. The fourth-order valence-corrected chi connectivity index (χ4v) is 10.2. The van der Waals surface area contributed by atoms with Crippen LogP contribution in [0.1, 0.15) is 106 Å². The van der Waals surface area contributed by atoms with E-state index < -0.39 is 8.32 Å². The van der Waals surface area contributed by atoms with Gasteiger partial charge in [-0.15, -0.1) is 0 Å². The van der Waals surface area contributed by atoms with Gasteiger partial charge >= 0.3 is 0 Å². The Labute approximate surface area is 264 Å². The normalized spacial score (nSPS) is 46.0. The molecule has 2 spiro atoms. The maximum Gasteiger partial charge on any atom is 0.192 e. The van der Waals surface area contributed by atoms with Crippen LogP contribution in [-0.2, 0) is 28.1 Å². The lowest BCUT2D eigenvalue weighted by Gasteiger charge is -2.60. The third-order valence-corrected chi connectivity index (χ3v) is 17.7. The van der Waals surface area contributed by atoms with E-state index in [1.54, 1.807) is 0 Å². The smallest absolute Gasteiger partial charge is 0.192 e. The van der Waals surface area contributed by atoms with Gasteiger partial charge in [-0.25, -0.2) is 0 Å². The van der Waals surface area contributed by atoms with E-state index in [1.807, 2.05) is 0 Å². The third kappa shape index (κ3) is 6.31. The van der Waals surface area contributed by atoms with Crippen LogP contribution in [0.25, 0.3) is 0 Å². The lowest BCUT2D eigenvalue weighted by Crippen LogP contribution is -2.67. The van der Waals surface area contributed by atoms with Crippen molar-refractivity contribution >= 4 is 8.32 Å². The molecular formula is C35H65NO6Si. The van der Waals surface area contributed by atoms with Crippen LogP contribution in [0.3, 0.4) is 0 Å². The van der Waals surface area contributed by atoms with Crippen molar-refractivity contribution in [3.8, 4) is 0 Å². The Bertz CT molecular complexity index is 938. The van der Waals surface area contributed by atoms with Crippen LogP contribution in [-0.4, -0.2) is 83.5 Å². The van der Waals surface area contributed by atoms with Crippen molar-refractivity contribution in [2.24, 2.45) is 28.4 Å². The Hall–Kier alpha value is -0.0631. The molecule has 2 N–H and O–H groups in total. The maximum absolute atomic E-state index is 6.97. The average Bonchev–Trinajstić information content (AvgIpc) is 3.70. The molecule has 0 aromatic carbocycles. The molecule has 5 fully saturated rings. The Morgan fingerprint density at radius 1 is 0.907 bits per heavy atom. The van der Waals surface area contributed by atoms with Gasteiger partial charge in [0.15, 0.2) is 8.32 Å². The zero-order valence-electron chi connectivity index (χ0n) is 29.0. The van der Waals surface area contributed by atoms with E-state index in [0.29, 0.717) is 31.7 Å². The number of hydrogen-bond acceptors (Lipinski definition) is 7. The van der Waals surface area contributed by atoms with Crippen molar-refractivity contribution in [2.75, 3.05) is 33.0 Å². The summed E-state index contributed by atoms with van der Waals surface area (Å²) in [5.41, 5.74) is 6.31. The fraction of sp³-hybridized carbons (Fsp3) is 1.00. The van der Waals surface area contributed by atoms with Gasteiger partial charge in [-0.3, -0.25) is 0 Å². The van der Waals surface area contributed by atoms with Gasteiger partial charge in [0.2, 0.25) is 0 Å². The fourth-order valence-electron chi connectivity index (χ4n) is 8.78. The molecule has 11 atom stereocenters. The number of hydrogen-bond donors (Lipinski definition) is 1. The first-order valence-corrected chi connectivity index (χ1v) is 20.6. The predicted octanol–water partition coefficient (Wildman–Crippen LogP) is 6.86. The summed E-state index contributed by atoms with van der Waals surface area (Å²) in [4.78, 5) is 0. The van der Waals surface area contributed by atoms with Crippen molar-refractivity contribution in [3.63, 3.8) is 0 Å². The van der Waals surface area contributed by atoms with Crippen LogP contribution in [0, 0.1) is 22.7 Å². The molecule has 1 unspecified atom stereocenters. The monoisotopic (exact) mass is 623 g/mol. The quantitative estimate of drug-likeness (QED) is 0.271. The molecule has 250 valence electrons. The van der Waals surface area contributed by atoms with Crippen molar-refractivity contribution in [2.45, 2.75) is 167 Å². The van der Waals surface area contributed by atoms with Crippen LogP contribution in [0.15, 0.2) is 0 Å². The first-order chi connectivity index (χ1) is 20.2. The topological polar surface area (TPSA) is 84.7 Å². The van der Waals surface area contributed by atoms with Gasteiger partial charge in [0.25, 0.3) is 0 Å². The number of ether oxygens (including phenoxy) is 5. The highest BCUT2D eigenvalue weighted by Gasteiger charge is 2.82. The minimum absolute atomic E-state index is 0.0361. The molecule has 5 aliphatic rings. The first-order valence-electron chi connectivity index (χ1n) is 17.7. The molecule has 0 aromatic rings. The highest BCUT2D eigenvalue weighted by molar-refractivity contribution is 6.74. The maximum atomic E-state index is 6.97. The molecule has 3 aliphatic heterocycles. The SMILES string of the molecule is CC1CC[C@@]23COC[C@@H](N)[C@H](C)CCO[C@@H]([C@@H](C)O[Si](C)(C)C(C)(C)C)CCCCCO[C@@H]4C[C@@H](O[C@@H]2C1)[C@@]1(CO1)[C@]43C. The van der Waals surface area contributed by atoms with E-state index >= 15 is 0 Å². The number of nitrogens with two attached hydrogens (primary N) is 1. The van der Waals surface area contributed by atoms with E-state index in [4.69, 9.17) is 33.8 Å². The molecule has 0 amide bonds. The Morgan fingerprint density at radius 3 is 2.35 bits per heavy atom. The molecular weight excluding hydrogens is 558 g/mol. The zero-order chi connectivity index (χ0) is 31.3. The molecule has 0 aromatic heterocycles. The molecule has 3 saturated heterocycles. The largest absolute Gasteiger partial charge is 0.412 e. The number of rotatable bonds is 3. The second kappa shape index (κ2) is 12.9. The van der Waals surface area contributed by atoms with Gasteiger partial charge in [-0.2, -0.15) is 0 Å². The van der Waals surface area contributed by atoms with E-state index in [1.165, 1.54) is 6.42 Å². The standard InChI is InChI=1S/C35H65NO6Si/c1-24-14-16-34-22-37-21-27(36)25(2)15-18-38-28(26(3)42-43(8,9)32(4,5)6)13-11-10-12-17-39-29-20-31(41-30(34)19-24)35(23-40-35)33(29,34)7/h24-31H,10-23,36H2,1-9H3/t24?,25-,26-,27-,28-,29-,30-,31-,33-,34-,35+/m1/s1. The zero-order valence-corrected chi connectivity index (χ0v) is 30.0. The van der Waals surface area contributed by atoms with Gasteiger partial charge in [0, 0.05) is 36.5 Å². The van der Waals surface area contributed by atoms with Crippen molar-refractivity contribution in [3.05, 3.63) is 0 Å². The van der Waals surface area contributed by atoms with Gasteiger partial charge in [0.05, 0.1) is 50.3 Å². The van der Waals surface area contributed by atoms with Crippen LogP contribution < -0.4 is 5.73 Å². The molecule has 43 heavy (non-hydrogen) atoms. The van der Waals surface area contributed by atoms with E-state index in [-0.39, 0.29) is 58.0 Å². The van der Waals surface area contributed by atoms with Crippen LogP contribution >= 0.6 is 0 Å². The number of epoxide rings is 1. The molecule has 3 heterocycles. The summed E-state index contributed by atoms with van der Waals surface area (Å²) in [7, 11) is -1.89. The van der Waals surface area contributed by atoms with Gasteiger partial charge in [-0.1, -0.05) is 54.4 Å². The summed E-state index contributed by atoms with van der Waals surface area (Å²) >= 11 is 0. The lowest BCUT2D eigenvalue weighted by molar-refractivity contribution is -0.260. The highest BCUT2D eigenvalue weighted by atomic mass is 28.4. The third-order valence-electron chi connectivity index (χ3n) is 13.2. The highest BCUT2D eigenvalue weighted by Crippen LogP contribution is 2.72. The predicted molar refractivity (Wildman–Crippen MR) is 174 cm³/mol. The molecule has 2 saturated carbocycles. The van der Waals surface area contributed by atoms with Gasteiger partial charge in [0.1, 0.15) is 5.60 Å². The van der Waals surface area contributed by atoms with Gasteiger partial charge in [-0.05, 0) is 75.4 Å². The summed E-state index contributed by atoms with van der Waals surface area (Å²) in [6.45, 7) is 24.4. The molecule has 7 nitrogen and oxygen atoms in total. The van der Waals surface area contributed by atoms with Crippen LogP contribution in [0.4, 0.5) is 0 Å². The summed E-state index contributed by atoms with van der Waals surface area (Å²) in [6.07, 6.45) is 10.2. The van der Waals surface area contributed by atoms with Crippen LogP contribution in [0.2, 0.25) is 18.1 Å². The Morgan fingerprint density at radius 2 is 1.65 bits per heavy atom. The summed E-state index contributed by atoms with van der Waals surface area (Å²) in [5.74, 6) is 0.973. The summed E-state index contributed by atoms with van der Waals surface area (Å²) < 4.78 is 40.3. The summed E-state index contributed by atoms with van der Waals surface area (Å²) in [6, 6.07) is -0.0361. The lowest BCUT2D eigenvalue weighted by atomic mass is 9.50. The minimum atomic E-state index is -1.89. The van der Waals surface area contributed by atoms with E-state index in [2.05, 4.69) is 61.6 Å². The van der Waals surface area contributed by atoms with Crippen molar-refractivity contribution in [1.29, 1.82) is 0 Å². The first kappa shape index (κ1) is 34.3. The van der Waals surface area contributed by atoms with Crippen molar-refractivity contribution in [1.82, 2.24) is 0 Å². The Kier molecular flexibility index (Phi) is 10.2. The van der Waals surface area contributed by atoms with Gasteiger partial charge < -0.3 is 33.8 Å². The van der Waals surface area contributed by atoms with Crippen molar-refractivity contribution < 1.29 is 28.1 Å². The molecule has 8 heteroatoms. The van der Waals surface area contributed by atoms with E-state index in [9.17, 15) is 0 Å². The summed E-state index contributed by atoms with van der Waals surface area (Å²) in [5, 5.41) is 0.175. The second-order valence-corrected chi connectivity index (χ2v) is 21.7. The molecule has 2 bridgehead atoms. The Balaban J connectivity index is 1.31. The van der Waals surface area contributed by atoms with E-state index in [0.717, 1.165) is 64.6 Å². The van der Waals surface area contributed by atoms with Crippen LogP contribution in [0.5, 0.6) is 0 Å². The second-order valence-electron chi connectivity index (χ2n) is 16.9.